The Morgan fingerprint density at radius 1 is 0.909 bits per heavy atom. The Morgan fingerprint density at radius 2 is 1.55 bits per heavy atom. The monoisotopic (exact) mass is 453 g/mol. The first-order chi connectivity index (χ1) is 15.8. The first kappa shape index (κ1) is 21.9. The second kappa shape index (κ2) is 9.07. The first-order valence-electron chi connectivity index (χ1n) is 9.79. The Kier molecular flexibility index (Phi) is 6.03. The van der Waals surface area contributed by atoms with E-state index < -0.39 is 18.0 Å². The van der Waals surface area contributed by atoms with Gasteiger partial charge in [0.15, 0.2) is 0 Å². The van der Waals surface area contributed by atoms with E-state index in [0.29, 0.717) is 22.9 Å². The second-order valence-corrected chi connectivity index (χ2v) is 6.92. The third-order valence-corrected chi connectivity index (χ3v) is 4.69. The van der Waals surface area contributed by atoms with Gasteiger partial charge in [-0.3, -0.25) is 4.79 Å². The van der Waals surface area contributed by atoms with Crippen molar-refractivity contribution in [3.05, 3.63) is 90.5 Å². The van der Waals surface area contributed by atoms with Crippen LogP contribution < -0.4 is 14.8 Å². The van der Waals surface area contributed by atoms with Gasteiger partial charge in [0, 0.05) is 17.2 Å². The van der Waals surface area contributed by atoms with Crippen molar-refractivity contribution in [2.75, 3.05) is 12.4 Å². The smallest absolute Gasteiger partial charge is 0.497 e. The molecule has 0 aliphatic heterocycles. The zero-order chi connectivity index (χ0) is 23.4. The minimum Gasteiger partial charge on any atom is -0.497 e. The number of carbonyl (C=O) groups excluding carboxylic acids is 1. The third-order valence-electron chi connectivity index (χ3n) is 4.69. The summed E-state index contributed by atoms with van der Waals surface area (Å²) in [6, 6.07) is 22.9. The van der Waals surface area contributed by atoms with E-state index in [9.17, 15) is 18.0 Å². The van der Waals surface area contributed by atoms with Crippen LogP contribution in [0.1, 0.15) is 10.4 Å². The van der Waals surface area contributed by atoms with Gasteiger partial charge in [0.25, 0.3) is 5.91 Å². The summed E-state index contributed by atoms with van der Waals surface area (Å²) in [5.41, 5.74) is 2.33. The molecule has 0 fully saturated rings. The fourth-order valence-electron chi connectivity index (χ4n) is 3.14. The number of benzene rings is 3. The molecule has 168 valence electrons. The summed E-state index contributed by atoms with van der Waals surface area (Å²) >= 11 is 0. The van der Waals surface area contributed by atoms with Crippen molar-refractivity contribution in [3.63, 3.8) is 0 Å². The SMILES string of the molecule is COc1ccc(-n2nc(-c3ccccc3)cc2NC(=O)c2ccc(OC(F)(F)F)cc2)cc1. The van der Waals surface area contributed by atoms with Gasteiger partial charge in [0.05, 0.1) is 18.5 Å². The number of alkyl halides is 3. The van der Waals surface area contributed by atoms with E-state index in [2.05, 4.69) is 15.2 Å². The lowest BCUT2D eigenvalue weighted by atomic mass is 10.1. The van der Waals surface area contributed by atoms with Gasteiger partial charge in [-0.05, 0) is 48.5 Å². The maximum atomic E-state index is 12.8. The molecule has 0 unspecified atom stereocenters. The zero-order valence-corrected chi connectivity index (χ0v) is 17.3. The molecular weight excluding hydrogens is 435 g/mol. The van der Waals surface area contributed by atoms with Gasteiger partial charge in [0.1, 0.15) is 17.3 Å². The quantitative estimate of drug-likeness (QED) is 0.407. The molecule has 0 bridgehead atoms. The van der Waals surface area contributed by atoms with Gasteiger partial charge < -0.3 is 14.8 Å². The van der Waals surface area contributed by atoms with Gasteiger partial charge in [0.2, 0.25) is 0 Å². The number of nitrogens with one attached hydrogen (secondary N) is 1. The molecule has 33 heavy (non-hydrogen) atoms. The first-order valence-corrected chi connectivity index (χ1v) is 9.79. The summed E-state index contributed by atoms with van der Waals surface area (Å²) in [4.78, 5) is 12.8. The van der Waals surface area contributed by atoms with Crippen LogP contribution in [0.25, 0.3) is 16.9 Å². The molecule has 0 aliphatic rings. The van der Waals surface area contributed by atoms with Crippen LogP contribution >= 0.6 is 0 Å². The van der Waals surface area contributed by atoms with Crippen molar-refractivity contribution in [3.8, 4) is 28.4 Å². The highest BCUT2D eigenvalue weighted by atomic mass is 19.4. The van der Waals surface area contributed by atoms with Crippen molar-refractivity contribution < 1.29 is 27.4 Å². The van der Waals surface area contributed by atoms with Crippen LogP contribution in [0.2, 0.25) is 0 Å². The lowest BCUT2D eigenvalue weighted by Gasteiger charge is -2.11. The van der Waals surface area contributed by atoms with E-state index in [4.69, 9.17) is 4.74 Å². The molecule has 1 aromatic heterocycles. The lowest BCUT2D eigenvalue weighted by Crippen LogP contribution is -2.17. The highest BCUT2D eigenvalue weighted by Gasteiger charge is 2.31. The number of hydrogen-bond acceptors (Lipinski definition) is 4. The van der Waals surface area contributed by atoms with Crippen molar-refractivity contribution in [2.24, 2.45) is 0 Å². The van der Waals surface area contributed by atoms with Crippen LogP contribution in [-0.2, 0) is 0 Å². The molecule has 0 saturated carbocycles. The van der Waals surface area contributed by atoms with Crippen LogP contribution in [0.3, 0.4) is 0 Å². The number of amides is 1. The fraction of sp³-hybridized carbons (Fsp3) is 0.0833. The number of rotatable bonds is 6. The van der Waals surface area contributed by atoms with Gasteiger partial charge >= 0.3 is 6.36 Å². The maximum absolute atomic E-state index is 12.8. The number of halogens is 3. The van der Waals surface area contributed by atoms with E-state index in [-0.39, 0.29) is 5.56 Å². The van der Waals surface area contributed by atoms with E-state index >= 15 is 0 Å². The van der Waals surface area contributed by atoms with Crippen LogP contribution in [0.4, 0.5) is 19.0 Å². The molecule has 1 heterocycles. The van der Waals surface area contributed by atoms with Crippen molar-refractivity contribution in [2.45, 2.75) is 6.36 Å². The molecule has 0 aliphatic carbocycles. The Labute approximate surface area is 187 Å². The summed E-state index contributed by atoms with van der Waals surface area (Å²) in [5, 5.41) is 7.40. The van der Waals surface area contributed by atoms with Gasteiger partial charge in [-0.2, -0.15) is 5.10 Å². The summed E-state index contributed by atoms with van der Waals surface area (Å²) in [5.74, 6) is 0.136. The van der Waals surface area contributed by atoms with Crippen LogP contribution in [0.5, 0.6) is 11.5 Å². The molecule has 1 N–H and O–H groups in total. The fourth-order valence-corrected chi connectivity index (χ4v) is 3.14. The molecule has 4 rings (SSSR count). The van der Waals surface area contributed by atoms with E-state index in [1.807, 2.05) is 30.3 Å². The lowest BCUT2D eigenvalue weighted by molar-refractivity contribution is -0.274. The minimum absolute atomic E-state index is 0.160. The Balaban J connectivity index is 1.64. The molecular formula is C24H18F3N3O3. The normalized spacial score (nSPS) is 11.2. The number of anilines is 1. The van der Waals surface area contributed by atoms with Crippen LogP contribution in [-0.4, -0.2) is 29.2 Å². The van der Waals surface area contributed by atoms with E-state index in [0.717, 1.165) is 17.7 Å². The van der Waals surface area contributed by atoms with Crippen molar-refractivity contribution in [1.29, 1.82) is 0 Å². The molecule has 0 spiro atoms. The molecule has 3 aromatic carbocycles. The number of methoxy groups -OCH3 is 1. The number of hydrogen-bond donors (Lipinski definition) is 1. The largest absolute Gasteiger partial charge is 0.573 e. The molecule has 4 aromatic rings. The summed E-state index contributed by atoms with van der Waals surface area (Å²) in [6.45, 7) is 0. The van der Waals surface area contributed by atoms with Crippen LogP contribution in [0, 0.1) is 0 Å². The number of carbonyl (C=O) groups is 1. The van der Waals surface area contributed by atoms with Crippen molar-refractivity contribution >= 4 is 11.7 Å². The Morgan fingerprint density at radius 3 is 2.15 bits per heavy atom. The maximum Gasteiger partial charge on any atom is 0.573 e. The summed E-state index contributed by atoms with van der Waals surface area (Å²) in [6.07, 6.45) is -4.80. The predicted molar refractivity (Wildman–Crippen MR) is 117 cm³/mol. The Hall–Kier alpha value is -4.27. The van der Waals surface area contributed by atoms with E-state index in [1.165, 1.54) is 12.1 Å². The molecule has 0 radical (unpaired) electrons. The Bertz CT molecular complexity index is 1240. The second-order valence-electron chi connectivity index (χ2n) is 6.92. The summed E-state index contributed by atoms with van der Waals surface area (Å²) in [7, 11) is 1.56. The van der Waals surface area contributed by atoms with Gasteiger partial charge in [-0.1, -0.05) is 30.3 Å². The molecule has 6 nitrogen and oxygen atoms in total. The standard InChI is InChI=1S/C24H18F3N3O3/c1-32-19-13-9-18(10-14-19)30-22(15-21(29-30)16-5-3-2-4-6-16)28-23(31)17-7-11-20(12-8-17)33-24(25,26)27/h2-15H,1H3,(H,28,31). The van der Waals surface area contributed by atoms with Crippen LogP contribution in [0.15, 0.2) is 84.9 Å². The average Bonchev–Trinajstić information content (AvgIpc) is 3.23. The van der Waals surface area contributed by atoms with Gasteiger partial charge in [-0.25, -0.2) is 4.68 Å². The summed E-state index contributed by atoms with van der Waals surface area (Å²) < 4.78 is 47.7. The topological polar surface area (TPSA) is 65.4 Å². The van der Waals surface area contributed by atoms with E-state index in [1.54, 1.807) is 42.1 Å². The van der Waals surface area contributed by atoms with Crippen molar-refractivity contribution in [1.82, 2.24) is 9.78 Å². The highest BCUT2D eigenvalue weighted by Crippen LogP contribution is 2.27. The predicted octanol–water partition coefficient (Wildman–Crippen LogP) is 5.70. The molecule has 1 amide bonds. The molecule has 0 saturated heterocycles. The van der Waals surface area contributed by atoms with Gasteiger partial charge in [-0.15, -0.1) is 13.2 Å². The number of ether oxygens (including phenoxy) is 2. The molecule has 0 atom stereocenters. The number of aromatic nitrogens is 2. The third kappa shape index (κ3) is 5.32. The number of nitrogens with zero attached hydrogens (tertiary/aromatic N) is 2. The zero-order valence-electron chi connectivity index (χ0n) is 17.3. The minimum atomic E-state index is -4.80. The average molecular weight is 453 g/mol. The highest BCUT2D eigenvalue weighted by molar-refractivity contribution is 6.04. The molecule has 9 heteroatoms.